The minimum Gasteiger partial charge on any atom is -0.497 e. The Morgan fingerprint density at radius 2 is 1.75 bits per heavy atom. The molecule has 1 aliphatic heterocycles. The van der Waals surface area contributed by atoms with Crippen LogP contribution in [0.4, 0.5) is 10.1 Å². The lowest BCUT2D eigenvalue weighted by atomic mass is 9.88. The average molecular weight is 435 g/mol. The molecule has 32 heavy (non-hydrogen) atoms. The maximum Gasteiger partial charge on any atom is 0.264 e. The van der Waals surface area contributed by atoms with Gasteiger partial charge in [0.15, 0.2) is 11.4 Å². The molecule has 1 aliphatic rings. The standard InChI is InChI=1S/C25H22FNO5/c1-31-18-11-12-19(23(13-18)32-2)22(28)14-25(30)20-5-3-4-6-21(20)27(24(25)29)15-16-7-9-17(26)10-8-16/h3-13,30H,14-15H2,1-2H3/t25-/m0/s1. The van der Waals surface area contributed by atoms with Gasteiger partial charge in [-0.1, -0.05) is 30.3 Å². The van der Waals surface area contributed by atoms with Crippen LogP contribution >= 0.6 is 0 Å². The molecule has 6 nitrogen and oxygen atoms in total. The third-order valence-corrected chi connectivity index (χ3v) is 5.62. The molecule has 3 aromatic carbocycles. The van der Waals surface area contributed by atoms with Crippen LogP contribution in [0.25, 0.3) is 0 Å². The summed E-state index contributed by atoms with van der Waals surface area (Å²) < 4.78 is 23.7. The maximum atomic E-state index is 13.4. The number of hydrogen-bond acceptors (Lipinski definition) is 5. The molecule has 0 spiro atoms. The van der Waals surface area contributed by atoms with Crippen molar-refractivity contribution < 1.29 is 28.6 Å². The number of para-hydroxylation sites is 1. The molecule has 0 aromatic heterocycles. The van der Waals surface area contributed by atoms with Gasteiger partial charge in [-0.25, -0.2) is 4.39 Å². The van der Waals surface area contributed by atoms with E-state index in [9.17, 15) is 19.1 Å². The van der Waals surface area contributed by atoms with E-state index < -0.39 is 23.7 Å². The lowest BCUT2D eigenvalue weighted by Crippen LogP contribution is -2.41. The van der Waals surface area contributed by atoms with Crippen LogP contribution in [0.15, 0.2) is 66.7 Å². The van der Waals surface area contributed by atoms with E-state index in [4.69, 9.17) is 9.47 Å². The minimum atomic E-state index is -2.03. The van der Waals surface area contributed by atoms with Crippen LogP contribution < -0.4 is 14.4 Å². The first-order valence-corrected chi connectivity index (χ1v) is 10.0. The van der Waals surface area contributed by atoms with Gasteiger partial charge < -0.3 is 19.5 Å². The Balaban J connectivity index is 1.67. The van der Waals surface area contributed by atoms with E-state index in [1.54, 1.807) is 54.6 Å². The number of anilines is 1. The van der Waals surface area contributed by atoms with Crippen molar-refractivity contribution in [2.45, 2.75) is 18.6 Å². The Bertz CT molecular complexity index is 1180. The van der Waals surface area contributed by atoms with Crippen molar-refractivity contribution >= 4 is 17.4 Å². The van der Waals surface area contributed by atoms with Crippen molar-refractivity contribution in [2.24, 2.45) is 0 Å². The quantitative estimate of drug-likeness (QED) is 0.571. The molecule has 1 N–H and O–H groups in total. The number of benzene rings is 3. The third kappa shape index (κ3) is 3.71. The number of halogens is 1. The number of aliphatic hydroxyl groups is 1. The Kier molecular flexibility index (Phi) is 5.67. The predicted molar refractivity (Wildman–Crippen MR) is 116 cm³/mol. The molecule has 1 amide bonds. The molecule has 4 rings (SSSR count). The SMILES string of the molecule is COc1ccc(C(=O)C[C@@]2(O)C(=O)N(Cc3ccc(F)cc3)c3ccccc32)c(OC)c1. The van der Waals surface area contributed by atoms with Crippen molar-refractivity contribution in [1.29, 1.82) is 0 Å². The Labute approximate surface area is 184 Å². The fraction of sp³-hybridized carbons (Fsp3) is 0.200. The number of fused-ring (bicyclic) bond motifs is 1. The number of ketones is 1. The van der Waals surface area contributed by atoms with Gasteiger partial charge in [0.25, 0.3) is 5.91 Å². The van der Waals surface area contributed by atoms with Crippen LogP contribution in [-0.2, 0) is 16.9 Å². The topological polar surface area (TPSA) is 76.1 Å². The molecular formula is C25H22FNO5. The molecule has 1 heterocycles. The molecule has 0 aliphatic carbocycles. The Hall–Kier alpha value is -3.71. The number of methoxy groups -OCH3 is 2. The van der Waals surface area contributed by atoms with Gasteiger partial charge in [0.05, 0.1) is 38.4 Å². The van der Waals surface area contributed by atoms with Crippen molar-refractivity contribution in [3.8, 4) is 11.5 Å². The average Bonchev–Trinajstić information content (AvgIpc) is 3.01. The molecule has 0 saturated heterocycles. The van der Waals surface area contributed by atoms with Crippen molar-refractivity contribution in [3.63, 3.8) is 0 Å². The lowest BCUT2D eigenvalue weighted by molar-refractivity contribution is -0.136. The number of ether oxygens (including phenoxy) is 2. The molecule has 7 heteroatoms. The number of carbonyl (C=O) groups excluding carboxylic acids is 2. The van der Waals surface area contributed by atoms with E-state index in [-0.39, 0.29) is 17.9 Å². The van der Waals surface area contributed by atoms with Crippen molar-refractivity contribution in [3.05, 3.63) is 89.2 Å². The Morgan fingerprint density at radius 1 is 1.03 bits per heavy atom. The van der Waals surface area contributed by atoms with E-state index >= 15 is 0 Å². The fourth-order valence-corrected chi connectivity index (χ4v) is 3.96. The summed E-state index contributed by atoms with van der Waals surface area (Å²) in [6.45, 7) is 0.137. The van der Waals surface area contributed by atoms with Gasteiger partial charge in [0, 0.05) is 11.6 Å². The van der Waals surface area contributed by atoms with Gasteiger partial charge >= 0.3 is 0 Å². The summed E-state index contributed by atoms with van der Waals surface area (Å²) in [5.74, 6) is -0.621. The highest BCUT2D eigenvalue weighted by atomic mass is 19.1. The van der Waals surface area contributed by atoms with E-state index in [0.29, 0.717) is 28.3 Å². The second-order valence-electron chi connectivity index (χ2n) is 7.56. The fourth-order valence-electron chi connectivity index (χ4n) is 3.96. The van der Waals surface area contributed by atoms with Crippen LogP contribution in [0, 0.1) is 5.82 Å². The molecular weight excluding hydrogens is 413 g/mol. The second-order valence-corrected chi connectivity index (χ2v) is 7.56. The van der Waals surface area contributed by atoms with Crippen molar-refractivity contribution in [1.82, 2.24) is 0 Å². The van der Waals surface area contributed by atoms with Gasteiger partial charge in [-0.3, -0.25) is 9.59 Å². The zero-order valence-corrected chi connectivity index (χ0v) is 17.7. The monoisotopic (exact) mass is 435 g/mol. The molecule has 0 radical (unpaired) electrons. The minimum absolute atomic E-state index is 0.137. The summed E-state index contributed by atoms with van der Waals surface area (Å²) in [4.78, 5) is 27.9. The Morgan fingerprint density at radius 3 is 2.44 bits per heavy atom. The summed E-state index contributed by atoms with van der Waals surface area (Å²) in [6.07, 6.45) is -0.453. The van der Waals surface area contributed by atoms with Gasteiger partial charge in [-0.2, -0.15) is 0 Å². The summed E-state index contributed by atoms with van der Waals surface area (Å²) >= 11 is 0. The summed E-state index contributed by atoms with van der Waals surface area (Å²) in [5, 5.41) is 11.5. The summed E-state index contributed by atoms with van der Waals surface area (Å²) in [7, 11) is 2.93. The highest BCUT2D eigenvalue weighted by Crippen LogP contribution is 2.44. The zero-order chi connectivity index (χ0) is 22.9. The van der Waals surface area contributed by atoms with E-state index in [1.165, 1.54) is 31.3 Å². The first-order chi connectivity index (χ1) is 15.4. The number of rotatable bonds is 7. The van der Waals surface area contributed by atoms with Gasteiger partial charge in [0.1, 0.15) is 17.3 Å². The summed E-state index contributed by atoms with van der Waals surface area (Å²) in [6, 6.07) is 17.3. The molecule has 0 fully saturated rings. The maximum absolute atomic E-state index is 13.4. The smallest absolute Gasteiger partial charge is 0.264 e. The molecule has 164 valence electrons. The predicted octanol–water partition coefficient (Wildman–Crippen LogP) is 3.85. The normalized spacial score (nSPS) is 17.2. The number of carbonyl (C=O) groups is 2. The van der Waals surface area contributed by atoms with E-state index in [0.717, 1.165) is 0 Å². The van der Waals surface area contributed by atoms with E-state index in [1.807, 2.05) is 0 Å². The molecule has 0 saturated carbocycles. The van der Waals surface area contributed by atoms with Crippen LogP contribution in [0.5, 0.6) is 11.5 Å². The first kappa shape index (κ1) is 21.5. The molecule has 1 atom stereocenters. The third-order valence-electron chi connectivity index (χ3n) is 5.62. The van der Waals surface area contributed by atoms with E-state index in [2.05, 4.69) is 0 Å². The number of nitrogens with zero attached hydrogens (tertiary/aromatic N) is 1. The molecule has 0 unspecified atom stereocenters. The lowest BCUT2D eigenvalue weighted by Gasteiger charge is -2.23. The number of Topliss-reactive ketones (excluding diaryl/α,β-unsaturated/α-hetero) is 1. The second kappa shape index (κ2) is 8.43. The highest BCUT2D eigenvalue weighted by molar-refractivity contribution is 6.11. The van der Waals surface area contributed by atoms with Gasteiger partial charge in [-0.15, -0.1) is 0 Å². The summed E-state index contributed by atoms with van der Waals surface area (Å²) in [5.41, 5.74) is -0.226. The largest absolute Gasteiger partial charge is 0.497 e. The number of hydrogen-bond donors (Lipinski definition) is 1. The molecule has 3 aromatic rings. The van der Waals surface area contributed by atoms with Crippen LogP contribution in [0.2, 0.25) is 0 Å². The van der Waals surface area contributed by atoms with Crippen molar-refractivity contribution in [2.75, 3.05) is 19.1 Å². The first-order valence-electron chi connectivity index (χ1n) is 10.0. The van der Waals surface area contributed by atoms with Crippen LogP contribution in [0.3, 0.4) is 0 Å². The van der Waals surface area contributed by atoms with Gasteiger partial charge in [0.2, 0.25) is 0 Å². The zero-order valence-electron chi connectivity index (χ0n) is 17.7. The molecule has 0 bridgehead atoms. The van der Waals surface area contributed by atoms with Crippen LogP contribution in [0.1, 0.15) is 27.9 Å². The van der Waals surface area contributed by atoms with Crippen LogP contribution in [-0.4, -0.2) is 31.0 Å². The number of amides is 1. The van der Waals surface area contributed by atoms with Gasteiger partial charge in [-0.05, 0) is 35.9 Å². The highest BCUT2D eigenvalue weighted by Gasteiger charge is 2.51.